The molecule has 2 aromatic rings. The Hall–Kier alpha value is -2.93. The molecule has 0 atom stereocenters. The van der Waals surface area contributed by atoms with Gasteiger partial charge in [-0.2, -0.15) is 5.10 Å². The van der Waals surface area contributed by atoms with E-state index in [2.05, 4.69) is 10.5 Å². The Balaban J connectivity index is 2.08. The van der Waals surface area contributed by atoms with Gasteiger partial charge in [0.15, 0.2) is 0 Å². The number of nitro benzene ring substituents is 1. The molecule has 0 aliphatic heterocycles. The van der Waals surface area contributed by atoms with Crippen molar-refractivity contribution in [1.29, 1.82) is 0 Å². The molecule has 2 aromatic carbocycles. The Bertz CT molecular complexity index is 744. The predicted molar refractivity (Wildman–Crippen MR) is 82.7 cm³/mol. The third-order valence-corrected chi connectivity index (χ3v) is 3.03. The van der Waals surface area contributed by atoms with Gasteiger partial charge in [0.2, 0.25) is 0 Å². The molecular formula is C14H10ClN3O4. The van der Waals surface area contributed by atoms with Crippen LogP contribution in [0.15, 0.2) is 47.6 Å². The number of hydrogen-bond acceptors (Lipinski definition) is 5. The Morgan fingerprint density at radius 2 is 1.95 bits per heavy atom. The van der Waals surface area contributed by atoms with Crippen LogP contribution in [-0.2, 0) is 0 Å². The molecule has 0 saturated carbocycles. The van der Waals surface area contributed by atoms with Crippen molar-refractivity contribution in [3.63, 3.8) is 0 Å². The van der Waals surface area contributed by atoms with Crippen molar-refractivity contribution >= 4 is 35.2 Å². The van der Waals surface area contributed by atoms with Crippen LogP contribution < -0.4 is 5.43 Å². The lowest BCUT2D eigenvalue weighted by Gasteiger charge is -2.01. The molecule has 0 spiro atoms. The third-order valence-electron chi connectivity index (χ3n) is 2.71. The quantitative estimate of drug-likeness (QED) is 0.499. The molecule has 2 rings (SSSR count). The summed E-state index contributed by atoms with van der Waals surface area (Å²) in [4.78, 5) is 20.9. The zero-order valence-corrected chi connectivity index (χ0v) is 11.8. The van der Waals surface area contributed by atoms with Gasteiger partial charge >= 0.3 is 5.97 Å². The summed E-state index contributed by atoms with van der Waals surface area (Å²) in [5.41, 5.74) is 3.76. The second-order valence-corrected chi connectivity index (χ2v) is 4.63. The number of nitrogens with one attached hydrogen (secondary N) is 1. The van der Waals surface area contributed by atoms with Crippen LogP contribution in [-0.4, -0.2) is 22.2 Å². The van der Waals surface area contributed by atoms with Crippen LogP contribution in [0.4, 0.5) is 11.4 Å². The number of anilines is 1. The van der Waals surface area contributed by atoms with E-state index in [0.29, 0.717) is 11.3 Å². The summed E-state index contributed by atoms with van der Waals surface area (Å²) < 4.78 is 0. The average Bonchev–Trinajstić information content (AvgIpc) is 2.49. The molecule has 2 N–H and O–H groups in total. The summed E-state index contributed by atoms with van der Waals surface area (Å²) in [6.07, 6.45) is 1.40. The summed E-state index contributed by atoms with van der Waals surface area (Å²) >= 11 is 5.71. The van der Waals surface area contributed by atoms with E-state index in [1.807, 2.05) is 0 Å². The van der Waals surface area contributed by atoms with Crippen LogP contribution in [0.25, 0.3) is 0 Å². The monoisotopic (exact) mass is 319 g/mol. The van der Waals surface area contributed by atoms with Crippen molar-refractivity contribution in [2.75, 3.05) is 5.43 Å². The molecule has 0 unspecified atom stereocenters. The molecule has 8 heteroatoms. The predicted octanol–water partition coefficient (Wildman–Crippen LogP) is 3.39. The van der Waals surface area contributed by atoms with Gasteiger partial charge in [0, 0.05) is 11.6 Å². The van der Waals surface area contributed by atoms with Gasteiger partial charge in [-0.1, -0.05) is 17.7 Å². The van der Waals surface area contributed by atoms with Crippen LogP contribution >= 0.6 is 11.6 Å². The van der Waals surface area contributed by atoms with E-state index < -0.39 is 10.9 Å². The fourth-order valence-corrected chi connectivity index (χ4v) is 1.81. The summed E-state index contributed by atoms with van der Waals surface area (Å²) in [7, 11) is 0. The maximum atomic E-state index is 10.8. The molecule has 0 aliphatic carbocycles. The highest BCUT2D eigenvalue weighted by atomic mass is 35.5. The highest BCUT2D eigenvalue weighted by Gasteiger charge is 2.11. The van der Waals surface area contributed by atoms with Gasteiger partial charge in [-0.25, -0.2) is 4.79 Å². The first-order valence-corrected chi connectivity index (χ1v) is 6.41. The molecule has 0 amide bonds. The van der Waals surface area contributed by atoms with E-state index in [1.54, 1.807) is 18.2 Å². The van der Waals surface area contributed by atoms with E-state index in [1.165, 1.54) is 30.5 Å². The third kappa shape index (κ3) is 3.80. The topological polar surface area (TPSA) is 105 Å². The highest BCUT2D eigenvalue weighted by Crippen LogP contribution is 2.24. The molecule has 0 radical (unpaired) electrons. The number of hydrogen-bond donors (Lipinski definition) is 2. The maximum Gasteiger partial charge on any atom is 0.335 e. The summed E-state index contributed by atoms with van der Waals surface area (Å²) in [6, 6.07) is 10.3. The lowest BCUT2D eigenvalue weighted by molar-refractivity contribution is -0.384. The molecule has 112 valence electrons. The lowest BCUT2D eigenvalue weighted by Crippen LogP contribution is -1.96. The van der Waals surface area contributed by atoms with Gasteiger partial charge in [-0.15, -0.1) is 0 Å². The molecule has 0 saturated heterocycles. The number of carboxylic acid groups (broad SMARTS) is 1. The fraction of sp³-hybridized carbons (Fsp3) is 0. The molecule has 0 bridgehead atoms. The summed E-state index contributed by atoms with van der Waals surface area (Å²) in [6.45, 7) is 0. The Morgan fingerprint density at radius 3 is 2.55 bits per heavy atom. The first-order chi connectivity index (χ1) is 10.5. The number of carboxylic acids is 1. The molecule has 0 aromatic heterocycles. The van der Waals surface area contributed by atoms with E-state index in [0.717, 1.165) is 0 Å². The maximum absolute atomic E-state index is 10.8. The Kier molecular flexibility index (Phi) is 4.70. The van der Waals surface area contributed by atoms with E-state index in [9.17, 15) is 14.9 Å². The van der Waals surface area contributed by atoms with E-state index >= 15 is 0 Å². The normalized spacial score (nSPS) is 10.6. The van der Waals surface area contributed by atoms with Crippen molar-refractivity contribution in [3.05, 3.63) is 68.7 Å². The number of rotatable bonds is 5. The summed E-state index contributed by atoms with van der Waals surface area (Å²) in [5, 5.41) is 23.5. The van der Waals surface area contributed by atoms with Crippen molar-refractivity contribution in [2.24, 2.45) is 5.10 Å². The number of hydrazone groups is 1. The Labute approximate surface area is 130 Å². The summed E-state index contributed by atoms with van der Waals surface area (Å²) in [5.74, 6) is -1.01. The second-order valence-electron chi connectivity index (χ2n) is 4.22. The first kappa shape index (κ1) is 15.5. The first-order valence-electron chi connectivity index (χ1n) is 6.04. The molecular weight excluding hydrogens is 310 g/mol. The molecule has 22 heavy (non-hydrogen) atoms. The van der Waals surface area contributed by atoms with Crippen LogP contribution in [0.1, 0.15) is 15.9 Å². The number of aromatic carboxylic acids is 1. The van der Waals surface area contributed by atoms with E-state index in [-0.39, 0.29) is 16.3 Å². The molecule has 7 nitrogen and oxygen atoms in total. The minimum Gasteiger partial charge on any atom is -0.478 e. The zero-order valence-electron chi connectivity index (χ0n) is 11.1. The standard InChI is InChI=1S/C14H10ClN3O4/c15-12-6-1-9(7-13(12)18(21)22)8-16-17-11-4-2-10(3-5-11)14(19)20/h1-8,17H,(H,19,20)/b16-8+. The molecule has 0 aliphatic rings. The zero-order chi connectivity index (χ0) is 16.1. The SMILES string of the molecule is O=C(O)c1ccc(N/N=C/c2ccc(Cl)c([N+](=O)[O-])c2)cc1. The van der Waals surface area contributed by atoms with Crippen LogP contribution in [0.3, 0.4) is 0 Å². The van der Waals surface area contributed by atoms with Gasteiger partial charge < -0.3 is 5.11 Å². The second kappa shape index (κ2) is 6.68. The van der Waals surface area contributed by atoms with Crippen LogP contribution in [0, 0.1) is 10.1 Å². The average molecular weight is 320 g/mol. The minimum absolute atomic E-state index is 0.0550. The molecule has 0 fully saturated rings. The van der Waals surface area contributed by atoms with Crippen LogP contribution in [0.5, 0.6) is 0 Å². The van der Waals surface area contributed by atoms with Gasteiger partial charge in [0.05, 0.1) is 22.4 Å². The van der Waals surface area contributed by atoms with Crippen molar-refractivity contribution < 1.29 is 14.8 Å². The van der Waals surface area contributed by atoms with Gasteiger partial charge in [0.1, 0.15) is 5.02 Å². The van der Waals surface area contributed by atoms with Gasteiger partial charge in [-0.05, 0) is 30.3 Å². The number of nitro groups is 1. The van der Waals surface area contributed by atoms with Crippen LogP contribution in [0.2, 0.25) is 5.02 Å². The largest absolute Gasteiger partial charge is 0.478 e. The van der Waals surface area contributed by atoms with Gasteiger partial charge in [0.25, 0.3) is 5.69 Å². The minimum atomic E-state index is -1.01. The Morgan fingerprint density at radius 1 is 1.27 bits per heavy atom. The highest BCUT2D eigenvalue weighted by molar-refractivity contribution is 6.32. The number of halogens is 1. The van der Waals surface area contributed by atoms with Crippen molar-refractivity contribution in [2.45, 2.75) is 0 Å². The van der Waals surface area contributed by atoms with Gasteiger partial charge in [-0.3, -0.25) is 15.5 Å². The fourth-order valence-electron chi connectivity index (χ4n) is 1.62. The number of nitrogens with zero attached hydrogens (tertiary/aromatic N) is 2. The molecule has 0 heterocycles. The van der Waals surface area contributed by atoms with Crippen molar-refractivity contribution in [3.8, 4) is 0 Å². The smallest absolute Gasteiger partial charge is 0.335 e. The number of carbonyl (C=O) groups is 1. The van der Waals surface area contributed by atoms with E-state index in [4.69, 9.17) is 16.7 Å². The van der Waals surface area contributed by atoms with Crippen molar-refractivity contribution in [1.82, 2.24) is 0 Å². The lowest BCUT2D eigenvalue weighted by atomic mass is 10.2. The number of benzene rings is 2.